The van der Waals surface area contributed by atoms with Gasteiger partial charge in [0.15, 0.2) is 0 Å². The van der Waals surface area contributed by atoms with Crippen LogP contribution in [-0.4, -0.2) is 24.1 Å². The van der Waals surface area contributed by atoms with Crippen LogP contribution < -0.4 is 0 Å². The van der Waals surface area contributed by atoms with E-state index < -0.39 is 0 Å². The van der Waals surface area contributed by atoms with E-state index in [1.54, 1.807) is 0 Å². The average molecular weight is 220 g/mol. The summed E-state index contributed by atoms with van der Waals surface area (Å²) in [5, 5.41) is 0. The summed E-state index contributed by atoms with van der Waals surface area (Å²) >= 11 is 0. The summed E-state index contributed by atoms with van der Waals surface area (Å²) in [5.74, 6) is 0. The summed E-state index contributed by atoms with van der Waals surface area (Å²) in [6.07, 6.45) is 0. The van der Waals surface area contributed by atoms with Crippen LogP contribution in [0.25, 0.3) is 0 Å². The number of hydrogen-bond acceptors (Lipinski definition) is 0. The fourth-order valence-electron chi connectivity index (χ4n) is 2.98. The van der Waals surface area contributed by atoms with E-state index in [-0.39, 0.29) is 5.54 Å². The van der Waals surface area contributed by atoms with Gasteiger partial charge in [-0.1, -0.05) is 30.3 Å². The summed E-state index contributed by atoms with van der Waals surface area (Å²) in [5.41, 5.74) is 1.64. The van der Waals surface area contributed by atoms with Gasteiger partial charge >= 0.3 is 0 Å². The number of benzene rings is 1. The molecule has 0 bridgehead atoms. The molecule has 0 aliphatic carbocycles. The molecular formula is C15H26N+. The van der Waals surface area contributed by atoms with Crippen molar-refractivity contribution in [3.63, 3.8) is 0 Å². The van der Waals surface area contributed by atoms with Crippen LogP contribution in [0.5, 0.6) is 0 Å². The number of nitrogens with zero attached hydrogens (tertiary/aromatic N) is 1. The molecule has 1 heteroatoms. The monoisotopic (exact) mass is 220 g/mol. The SMILES string of the molecule is CC[N+](CC)(CC)C(C)(C)c1ccccc1. The van der Waals surface area contributed by atoms with E-state index in [1.807, 2.05) is 0 Å². The molecule has 90 valence electrons. The quantitative estimate of drug-likeness (QED) is 0.662. The predicted octanol–water partition coefficient (Wildman–Crippen LogP) is 3.80. The molecule has 0 radical (unpaired) electrons. The maximum Gasteiger partial charge on any atom is 0.119 e. The van der Waals surface area contributed by atoms with Crippen molar-refractivity contribution < 1.29 is 4.48 Å². The molecule has 0 unspecified atom stereocenters. The minimum Gasteiger partial charge on any atom is -0.316 e. The smallest absolute Gasteiger partial charge is 0.119 e. The Labute approximate surface area is 101 Å². The highest BCUT2D eigenvalue weighted by atomic mass is 15.4. The Balaban J connectivity index is 3.18. The summed E-state index contributed by atoms with van der Waals surface area (Å²) in [7, 11) is 0. The summed E-state index contributed by atoms with van der Waals surface area (Å²) < 4.78 is 1.15. The van der Waals surface area contributed by atoms with Crippen LogP contribution in [0.15, 0.2) is 30.3 Å². The molecule has 0 aliphatic heterocycles. The van der Waals surface area contributed by atoms with Crippen molar-refractivity contribution in [3.05, 3.63) is 35.9 Å². The summed E-state index contributed by atoms with van der Waals surface area (Å²) in [6.45, 7) is 15.2. The highest BCUT2D eigenvalue weighted by Crippen LogP contribution is 2.34. The second kappa shape index (κ2) is 5.01. The number of quaternary nitrogens is 1. The van der Waals surface area contributed by atoms with Crippen molar-refractivity contribution in [2.24, 2.45) is 0 Å². The topological polar surface area (TPSA) is 0 Å². The molecule has 0 spiro atoms. The third-order valence-corrected chi connectivity index (χ3v) is 4.48. The minimum atomic E-state index is 0.194. The van der Waals surface area contributed by atoms with E-state index >= 15 is 0 Å². The third-order valence-electron chi connectivity index (χ3n) is 4.48. The van der Waals surface area contributed by atoms with E-state index in [0.29, 0.717) is 0 Å². The van der Waals surface area contributed by atoms with Gasteiger partial charge in [0.1, 0.15) is 5.54 Å². The first kappa shape index (κ1) is 13.2. The standard InChI is InChI=1S/C15H26N/c1-6-16(7-2,8-3)15(4,5)14-12-10-9-11-13-14/h9-13H,6-8H2,1-5H3/q+1. The van der Waals surface area contributed by atoms with Crippen molar-refractivity contribution in [1.82, 2.24) is 0 Å². The molecule has 1 rings (SSSR count). The summed E-state index contributed by atoms with van der Waals surface area (Å²) in [4.78, 5) is 0. The van der Waals surface area contributed by atoms with Crippen molar-refractivity contribution in [2.75, 3.05) is 19.6 Å². The maximum atomic E-state index is 2.37. The van der Waals surface area contributed by atoms with Gasteiger partial charge in [-0.3, -0.25) is 0 Å². The van der Waals surface area contributed by atoms with Crippen LogP contribution >= 0.6 is 0 Å². The number of rotatable bonds is 5. The fraction of sp³-hybridized carbons (Fsp3) is 0.600. The van der Waals surface area contributed by atoms with Gasteiger partial charge in [-0.05, 0) is 34.6 Å². The van der Waals surface area contributed by atoms with Crippen LogP contribution in [0.4, 0.5) is 0 Å². The maximum absolute atomic E-state index is 2.37. The van der Waals surface area contributed by atoms with E-state index in [2.05, 4.69) is 65.0 Å². The molecule has 0 fully saturated rings. The largest absolute Gasteiger partial charge is 0.316 e. The molecule has 0 saturated carbocycles. The zero-order valence-corrected chi connectivity index (χ0v) is 11.5. The molecule has 0 aliphatic rings. The normalized spacial score (nSPS) is 12.8. The Hall–Kier alpha value is -0.820. The van der Waals surface area contributed by atoms with Crippen LogP contribution in [0, 0.1) is 0 Å². The van der Waals surface area contributed by atoms with Crippen LogP contribution in [0.1, 0.15) is 40.2 Å². The average Bonchev–Trinajstić information content (AvgIpc) is 2.33. The fourth-order valence-corrected chi connectivity index (χ4v) is 2.98. The molecule has 0 atom stereocenters. The first-order valence-corrected chi connectivity index (χ1v) is 6.45. The van der Waals surface area contributed by atoms with E-state index in [1.165, 1.54) is 25.2 Å². The highest BCUT2D eigenvalue weighted by Gasteiger charge is 2.41. The molecule has 0 saturated heterocycles. The minimum absolute atomic E-state index is 0.194. The molecule has 0 N–H and O–H groups in total. The van der Waals surface area contributed by atoms with Gasteiger partial charge in [-0.25, -0.2) is 0 Å². The Bertz CT molecular complexity index is 301. The van der Waals surface area contributed by atoms with Crippen molar-refractivity contribution in [2.45, 2.75) is 40.2 Å². The molecule has 1 aromatic carbocycles. The molecule has 1 nitrogen and oxygen atoms in total. The zero-order valence-electron chi connectivity index (χ0n) is 11.5. The lowest BCUT2D eigenvalue weighted by atomic mass is 9.89. The van der Waals surface area contributed by atoms with Gasteiger partial charge in [-0.15, -0.1) is 0 Å². The lowest BCUT2D eigenvalue weighted by Gasteiger charge is -2.49. The van der Waals surface area contributed by atoms with Crippen LogP contribution in [-0.2, 0) is 5.54 Å². The Morgan fingerprint density at radius 2 is 1.31 bits per heavy atom. The Morgan fingerprint density at radius 1 is 0.875 bits per heavy atom. The molecular weight excluding hydrogens is 194 g/mol. The molecule has 1 aromatic rings. The van der Waals surface area contributed by atoms with E-state index in [9.17, 15) is 0 Å². The predicted molar refractivity (Wildman–Crippen MR) is 71.4 cm³/mol. The van der Waals surface area contributed by atoms with E-state index in [4.69, 9.17) is 0 Å². The van der Waals surface area contributed by atoms with Gasteiger partial charge in [0.2, 0.25) is 0 Å². The second-order valence-corrected chi connectivity index (χ2v) is 5.02. The van der Waals surface area contributed by atoms with Gasteiger partial charge in [0.25, 0.3) is 0 Å². The molecule has 0 aromatic heterocycles. The second-order valence-electron chi connectivity index (χ2n) is 5.02. The lowest BCUT2D eigenvalue weighted by molar-refractivity contribution is -0.975. The van der Waals surface area contributed by atoms with Crippen molar-refractivity contribution >= 4 is 0 Å². The van der Waals surface area contributed by atoms with Gasteiger partial charge in [-0.2, -0.15) is 0 Å². The van der Waals surface area contributed by atoms with Crippen molar-refractivity contribution in [3.8, 4) is 0 Å². The van der Waals surface area contributed by atoms with E-state index in [0.717, 1.165) is 4.48 Å². The van der Waals surface area contributed by atoms with Crippen LogP contribution in [0.2, 0.25) is 0 Å². The zero-order chi connectivity index (χ0) is 12.2. The van der Waals surface area contributed by atoms with Gasteiger partial charge in [0.05, 0.1) is 19.6 Å². The lowest BCUT2D eigenvalue weighted by Crippen LogP contribution is -2.59. The van der Waals surface area contributed by atoms with Crippen molar-refractivity contribution in [1.29, 1.82) is 0 Å². The van der Waals surface area contributed by atoms with Gasteiger partial charge < -0.3 is 4.48 Å². The van der Waals surface area contributed by atoms with Gasteiger partial charge in [0, 0.05) is 5.56 Å². The highest BCUT2D eigenvalue weighted by molar-refractivity contribution is 5.20. The molecule has 16 heavy (non-hydrogen) atoms. The Morgan fingerprint density at radius 3 is 1.69 bits per heavy atom. The first-order chi connectivity index (χ1) is 7.54. The third kappa shape index (κ3) is 2.01. The van der Waals surface area contributed by atoms with Crippen LogP contribution in [0.3, 0.4) is 0 Å². The molecule has 0 heterocycles. The molecule has 0 amide bonds. The number of hydrogen-bond donors (Lipinski definition) is 0. The summed E-state index contributed by atoms with van der Waals surface area (Å²) in [6, 6.07) is 10.9. The first-order valence-electron chi connectivity index (χ1n) is 6.45. The Kier molecular flexibility index (Phi) is 4.15.